The van der Waals surface area contributed by atoms with Crippen molar-refractivity contribution < 1.29 is 4.79 Å². The minimum absolute atomic E-state index is 0.0400. The topological polar surface area (TPSA) is 34.0 Å². The maximum absolute atomic E-state index is 11.9. The number of carbonyl (C=O) groups excluding carboxylic acids is 1. The van der Waals surface area contributed by atoms with Crippen LogP contribution < -0.4 is 5.32 Å². The van der Waals surface area contributed by atoms with Crippen molar-refractivity contribution in [1.29, 1.82) is 0 Å². The highest BCUT2D eigenvalue weighted by Gasteiger charge is 2.20. The molecule has 0 spiro atoms. The van der Waals surface area contributed by atoms with Crippen LogP contribution in [0, 0.1) is 10.6 Å². The molecule has 0 atom stereocenters. The number of benzene rings is 1. The van der Waals surface area contributed by atoms with Crippen LogP contribution in [-0.4, -0.2) is 17.0 Å². The average molecular weight is 326 g/mol. The first-order valence-electron chi connectivity index (χ1n) is 5.25. The summed E-state index contributed by atoms with van der Waals surface area (Å²) in [7, 11) is 0. The molecule has 0 radical (unpaired) electrons. The van der Waals surface area contributed by atoms with Crippen LogP contribution in [0.15, 0.2) is 18.2 Å². The highest BCUT2D eigenvalue weighted by atomic mass is 127. The maximum Gasteiger partial charge on any atom is 0.253 e. The Morgan fingerprint density at radius 1 is 1.44 bits per heavy atom. The maximum atomic E-state index is 11.9. The molecule has 2 heterocycles. The number of halogens is 1. The highest BCUT2D eigenvalue weighted by molar-refractivity contribution is 14.1. The summed E-state index contributed by atoms with van der Waals surface area (Å²) in [4.78, 5) is 11.9. The number of carbonyl (C=O) groups is 1. The van der Waals surface area contributed by atoms with Gasteiger partial charge in [-0.3, -0.25) is 4.79 Å². The molecule has 3 rings (SSSR count). The third kappa shape index (κ3) is 1.22. The zero-order valence-electron chi connectivity index (χ0n) is 8.88. The zero-order valence-corrected chi connectivity index (χ0v) is 11.0. The number of rotatable bonds is 0. The van der Waals surface area contributed by atoms with Gasteiger partial charge in [0, 0.05) is 18.5 Å². The second-order valence-corrected chi connectivity index (χ2v) is 5.05. The third-order valence-corrected chi connectivity index (χ3v) is 4.51. The van der Waals surface area contributed by atoms with Crippen molar-refractivity contribution in [3.05, 3.63) is 33.0 Å². The number of nitrogens with one attached hydrogen (secondary N) is 1. The first kappa shape index (κ1) is 10.1. The molecule has 3 nitrogen and oxygen atoms in total. The fourth-order valence-corrected chi connectivity index (χ4v) is 3.09. The molecule has 82 valence electrons. The van der Waals surface area contributed by atoms with Crippen molar-refractivity contribution in [2.45, 2.75) is 13.5 Å². The van der Waals surface area contributed by atoms with Gasteiger partial charge in [-0.2, -0.15) is 0 Å². The van der Waals surface area contributed by atoms with E-state index in [-0.39, 0.29) is 5.91 Å². The number of hydrogen-bond donors (Lipinski definition) is 1. The lowest BCUT2D eigenvalue weighted by Crippen LogP contribution is -2.24. The first-order valence-corrected chi connectivity index (χ1v) is 6.33. The Balaban J connectivity index is 2.51. The Hall–Kier alpha value is -1.04. The molecule has 1 aromatic heterocycles. The van der Waals surface area contributed by atoms with Crippen LogP contribution >= 0.6 is 22.6 Å². The van der Waals surface area contributed by atoms with Crippen molar-refractivity contribution in [2.24, 2.45) is 0 Å². The van der Waals surface area contributed by atoms with E-state index in [9.17, 15) is 4.79 Å². The first-order chi connectivity index (χ1) is 7.70. The van der Waals surface area contributed by atoms with Gasteiger partial charge in [0.2, 0.25) is 0 Å². The summed E-state index contributed by atoms with van der Waals surface area (Å²) >= 11 is 2.36. The van der Waals surface area contributed by atoms with Gasteiger partial charge in [0.15, 0.2) is 0 Å². The van der Waals surface area contributed by atoms with E-state index < -0.39 is 0 Å². The Bertz CT molecular complexity index is 601. The molecule has 0 saturated heterocycles. The van der Waals surface area contributed by atoms with Crippen molar-refractivity contribution in [2.75, 3.05) is 6.54 Å². The minimum atomic E-state index is 0.0400. The molecule has 1 aromatic carbocycles. The Labute approximate surface area is 107 Å². The van der Waals surface area contributed by atoms with Crippen molar-refractivity contribution in [3.8, 4) is 0 Å². The fourth-order valence-electron chi connectivity index (χ4n) is 2.32. The summed E-state index contributed by atoms with van der Waals surface area (Å²) in [5.41, 5.74) is 3.15. The molecule has 2 aromatic rings. The van der Waals surface area contributed by atoms with E-state index in [1.807, 2.05) is 12.1 Å². The molecule has 0 saturated carbocycles. The van der Waals surface area contributed by atoms with Gasteiger partial charge in [-0.1, -0.05) is 12.1 Å². The van der Waals surface area contributed by atoms with Gasteiger partial charge in [-0.15, -0.1) is 0 Å². The summed E-state index contributed by atoms with van der Waals surface area (Å²) in [5, 5.41) is 4.11. The molecular formula is C12H11IN2O. The van der Waals surface area contributed by atoms with Crippen LogP contribution in [0.1, 0.15) is 15.9 Å². The van der Waals surface area contributed by atoms with Gasteiger partial charge in [0.1, 0.15) is 0 Å². The second-order valence-electron chi connectivity index (χ2n) is 4.03. The Morgan fingerprint density at radius 3 is 3.06 bits per heavy atom. The lowest BCUT2D eigenvalue weighted by Gasteiger charge is -2.03. The van der Waals surface area contributed by atoms with Gasteiger partial charge in [-0.25, -0.2) is 0 Å². The van der Waals surface area contributed by atoms with E-state index in [4.69, 9.17) is 0 Å². The summed E-state index contributed by atoms with van der Waals surface area (Å²) in [5.74, 6) is 0.0400. The quantitative estimate of drug-likeness (QED) is 0.741. The highest BCUT2D eigenvalue weighted by Crippen LogP contribution is 2.30. The van der Waals surface area contributed by atoms with Crippen LogP contribution in [0.25, 0.3) is 10.9 Å². The van der Waals surface area contributed by atoms with Crippen LogP contribution in [0.2, 0.25) is 0 Å². The monoisotopic (exact) mass is 326 g/mol. The van der Waals surface area contributed by atoms with E-state index in [2.05, 4.69) is 45.5 Å². The van der Waals surface area contributed by atoms with Crippen LogP contribution in [0.3, 0.4) is 0 Å². The number of aromatic nitrogens is 1. The van der Waals surface area contributed by atoms with E-state index in [1.165, 1.54) is 14.7 Å². The molecule has 0 fully saturated rings. The van der Waals surface area contributed by atoms with Gasteiger partial charge < -0.3 is 9.88 Å². The zero-order chi connectivity index (χ0) is 11.3. The molecule has 4 heteroatoms. The smallest absolute Gasteiger partial charge is 0.253 e. The van der Waals surface area contributed by atoms with Gasteiger partial charge >= 0.3 is 0 Å². The normalized spacial score (nSPS) is 15.0. The fraction of sp³-hybridized carbons (Fsp3) is 0.250. The van der Waals surface area contributed by atoms with Crippen LogP contribution in [-0.2, 0) is 6.54 Å². The van der Waals surface area contributed by atoms with E-state index in [1.54, 1.807) is 0 Å². The van der Waals surface area contributed by atoms with E-state index >= 15 is 0 Å². The number of nitrogens with zero attached hydrogens (tertiary/aromatic N) is 1. The summed E-state index contributed by atoms with van der Waals surface area (Å²) in [6.45, 7) is 3.67. The summed E-state index contributed by atoms with van der Waals surface area (Å²) in [6, 6.07) is 5.94. The molecule has 1 aliphatic heterocycles. The van der Waals surface area contributed by atoms with Crippen LogP contribution in [0.4, 0.5) is 0 Å². The standard InChI is InChI=1S/C12H11IN2O/c1-7-8-3-2-4-9-10(8)15(11(7)13)6-5-14-12(9)16/h2-4H,5-6H2,1H3,(H,14,16). The summed E-state index contributed by atoms with van der Waals surface area (Å²) < 4.78 is 3.47. The largest absolute Gasteiger partial charge is 0.350 e. The minimum Gasteiger partial charge on any atom is -0.350 e. The van der Waals surface area contributed by atoms with Crippen molar-refractivity contribution in [1.82, 2.24) is 9.88 Å². The number of amides is 1. The average Bonchev–Trinajstić information content (AvgIpc) is 2.47. The lowest BCUT2D eigenvalue weighted by molar-refractivity contribution is 0.0956. The molecule has 16 heavy (non-hydrogen) atoms. The second kappa shape index (κ2) is 3.48. The van der Waals surface area contributed by atoms with Crippen LogP contribution in [0.5, 0.6) is 0 Å². The molecule has 0 bridgehead atoms. The number of para-hydroxylation sites is 1. The SMILES string of the molecule is Cc1c(I)n2c3c(cccc13)C(=O)NCC2. The van der Waals surface area contributed by atoms with Crippen molar-refractivity contribution >= 4 is 39.4 Å². The molecule has 0 aliphatic carbocycles. The Kier molecular flexibility index (Phi) is 2.20. The predicted molar refractivity (Wildman–Crippen MR) is 71.7 cm³/mol. The molecule has 1 amide bonds. The Morgan fingerprint density at radius 2 is 2.25 bits per heavy atom. The number of hydrogen-bond acceptors (Lipinski definition) is 1. The van der Waals surface area contributed by atoms with E-state index in [0.717, 1.165) is 17.6 Å². The van der Waals surface area contributed by atoms with E-state index in [0.29, 0.717) is 6.54 Å². The van der Waals surface area contributed by atoms with Gasteiger partial charge in [-0.05, 0) is 41.1 Å². The summed E-state index contributed by atoms with van der Waals surface area (Å²) in [6.07, 6.45) is 0. The molecule has 0 unspecified atom stereocenters. The van der Waals surface area contributed by atoms with Crippen molar-refractivity contribution in [3.63, 3.8) is 0 Å². The number of aryl methyl sites for hydroxylation is 1. The van der Waals surface area contributed by atoms with Gasteiger partial charge in [0.25, 0.3) is 5.91 Å². The molecule has 1 N–H and O–H groups in total. The van der Waals surface area contributed by atoms with Gasteiger partial charge in [0.05, 0.1) is 14.8 Å². The third-order valence-electron chi connectivity index (χ3n) is 3.12. The molecular weight excluding hydrogens is 315 g/mol. The predicted octanol–water partition coefficient (Wildman–Crippen LogP) is 2.30. The molecule has 1 aliphatic rings. The lowest BCUT2D eigenvalue weighted by atomic mass is 10.1.